The molecule has 0 spiro atoms. The lowest BCUT2D eigenvalue weighted by atomic mass is 9.99. The van der Waals surface area contributed by atoms with Crippen molar-refractivity contribution in [2.75, 3.05) is 6.61 Å². The monoisotopic (exact) mass is 654 g/mol. The highest BCUT2D eigenvalue weighted by Crippen LogP contribution is 2.16. The van der Waals surface area contributed by atoms with E-state index in [1.807, 2.05) is 0 Å². The summed E-state index contributed by atoms with van der Waals surface area (Å²) >= 11 is 0. The molecule has 4 unspecified atom stereocenters. The summed E-state index contributed by atoms with van der Waals surface area (Å²) in [6, 6.07) is -0.981. The Balaban J connectivity index is 3.77. The van der Waals surface area contributed by atoms with E-state index in [0.717, 1.165) is 38.5 Å². The van der Waals surface area contributed by atoms with Crippen LogP contribution < -0.4 is 5.32 Å². The van der Waals surface area contributed by atoms with E-state index in [0.29, 0.717) is 12.8 Å². The highest BCUT2D eigenvalue weighted by Gasteiger charge is 2.28. The van der Waals surface area contributed by atoms with Gasteiger partial charge in [0.1, 0.15) is 12.2 Å². The number of hydrogen-bond acceptors (Lipinski definition) is 5. The Bertz CT molecular complexity index is 658. The first-order valence-electron chi connectivity index (χ1n) is 20.1. The van der Waals surface area contributed by atoms with Gasteiger partial charge in [0, 0.05) is 0 Å². The summed E-state index contributed by atoms with van der Waals surface area (Å²) in [4.78, 5) is 12.5. The third-order valence-corrected chi connectivity index (χ3v) is 9.48. The van der Waals surface area contributed by atoms with E-state index in [2.05, 4.69) is 31.3 Å². The molecule has 0 fully saturated rings. The van der Waals surface area contributed by atoms with E-state index in [1.54, 1.807) is 0 Å². The fourth-order valence-corrected chi connectivity index (χ4v) is 6.21. The molecule has 0 aromatic heterocycles. The predicted molar refractivity (Wildman–Crippen MR) is 196 cm³/mol. The van der Waals surface area contributed by atoms with Gasteiger partial charge in [0.2, 0.25) is 5.91 Å². The van der Waals surface area contributed by atoms with E-state index in [4.69, 9.17) is 0 Å². The molecular weight excluding hydrogens is 574 g/mol. The minimum Gasteiger partial charge on any atom is -0.394 e. The second kappa shape index (κ2) is 35.4. The van der Waals surface area contributed by atoms with Gasteiger partial charge in [-0.1, -0.05) is 187 Å². The van der Waals surface area contributed by atoms with E-state index >= 15 is 0 Å². The number of amides is 1. The molecule has 0 heterocycles. The van der Waals surface area contributed by atoms with Crippen molar-refractivity contribution < 1.29 is 25.2 Å². The van der Waals surface area contributed by atoms with Crippen molar-refractivity contribution in [2.24, 2.45) is 0 Å². The van der Waals surface area contributed by atoms with Crippen LogP contribution in [-0.4, -0.2) is 57.3 Å². The fraction of sp³-hybridized carbons (Fsp3) is 0.925. The molecule has 46 heavy (non-hydrogen) atoms. The molecule has 0 bridgehead atoms. The smallest absolute Gasteiger partial charge is 0.249 e. The summed E-state index contributed by atoms with van der Waals surface area (Å²) in [5, 5.41) is 43.6. The van der Waals surface area contributed by atoms with Crippen LogP contribution >= 0.6 is 0 Å². The van der Waals surface area contributed by atoms with Crippen LogP contribution in [0.25, 0.3) is 0 Å². The zero-order valence-electron chi connectivity index (χ0n) is 30.6. The molecule has 0 aromatic carbocycles. The van der Waals surface area contributed by atoms with Crippen molar-refractivity contribution in [3.8, 4) is 0 Å². The molecular formula is C40H79NO5. The van der Waals surface area contributed by atoms with E-state index in [-0.39, 0.29) is 0 Å². The Labute approximate surface area is 285 Å². The normalized spacial score (nSPS) is 14.5. The molecule has 0 aliphatic carbocycles. The molecule has 274 valence electrons. The van der Waals surface area contributed by atoms with Gasteiger partial charge >= 0.3 is 0 Å². The highest BCUT2D eigenvalue weighted by molar-refractivity contribution is 5.80. The maximum absolute atomic E-state index is 12.5. The van der Waals surface area contributed by atoms with Gasteiger partial charge < -0.3 is 25.7 Å². The molecule has 0 saturated heterocycles. The van der Waals surface area contributed by atoms with Crippen molar-refractivity contribution in [1.82, 2.24) is 5.32 Å². The number of allylic oxidation sites excluding steroid dienone is 2. The van der Waals surface area contributed by atoms with Crippen molar-refractivity contribution in [3.63, 3.8) is 0 Å². The van der Waals surface area contributed by atoms with Crippen LogP contribution in [0.5, 0.6) is 0 Å². The lowest BCUT2D eigenvalue weighted by Crippen LogP contribution is -2.53. The number of aliphatic hydroxyl groups is 4. The predicted octanol–water partition coefficient (Wildman–Crippen LogP) is 9.85. The first-order chi connectivity index (χ1) is 22.5. The van der Waals surface area contributed by atoms with Crippen LogP contribution in [0.1, 0.15) is 206 Å². The van der Waals surface area contributed by atoms with Gasteiger partial charge in [0.15, 0.2) is 0 Å². The standard InChI is InChI=1S/C40H79NO5/c1-3-5-7-9-11-13-15-17-19-21-23-25-27-29-31-33-37(43)39(45)36(35-42)41-40(46)38(44)34-32-30-28-26-24-22-20-18-16-14-12-10-8-6-4-2/h9,11,36-39,42-45H,3-8,10,12-35H2,1-2H3,(H,41,46). The minimum absolute atomic E-state index is 0.372. The average Bonchev–Trinajstić information content (AvgIpc) is 3.06. The number of aliphatic hydroxyl groups excluding tert-OH is 4. The van der Waals surface area contributed by atoms with E-state index in [9.17, 15) is 25.2 Å². The zero-order chi connectivity index (χ0) is 33.9. The Morgan fingerprint density at radius 1 is 0.522 bits per heavy atom. The molecule has 0 aliphatic rings. The highest BCUT2D eigenvalue weighted by atomic mass is 16.3. The Hall–Kier alpha value is -0.950. The van der Waals surface area contributed by atoms with Crippen LogP contribution in [0, 0.1) is 0 Å². The third-order valence-electron chi connectivity index (χ3n) is 9.48. The van der Waals surface area contributed by atoms with Gasteiger partial charge in [-0.15, -0.1) is 0 Å². The molecule has 0 aromatic rings. The summed E-state index contributed by atoms with van der Waals surface area (Å²) in [5.41, 5.74) is 0. The second-order valence-corrected chi connectivity index (χ2v) is 14.0. The first kappa shape index (κ1) is 45.0. The summed E-state index contributed by atoms with van der Waals surface area (Å²) in [5.74, 6) is -0.584. The summed E-state index contributed by atoms with van der Waals surface area (Å²) in [6.07, 6.45) is 36.5. The molecule has 6 heteroatoms. The third kappa shape index (κ3) is 29.2. The second-order valence-electron chi connectivity index (χ2n) is 14.0. The average molecular weight is 654 g/mol. The lowest BCUT2D eigenvalue weighted by molar-refractivity contribution is -0.132. The largest absolute Gasteiger partial charge is 0.394 e. The van der Waals surface area contributed by atoms with E-state index in [1.165, 1.54) is 141 Å². The van der Waals surface area contributed by atoms with Gasteiger partial charge in [0.25, 0.3) is 0 Å². The van der Waals surface area contributed by atoms with E-state index < -0.39 is 36.9 Å². The molecule has 0 rings (SSSR count). The van der Waals surface area contributed by atoms with Gasteiger partial charge in [0.05, 0.1) is 18.8 Å². The van der Waals surface area contributed by atoms with Crippen LogP contribution in [0.2, 0.25) is 0 Å². The van der Waals surface area contributed by atoms with Crippen molar-refractivity contribution in [2.45, 2.75) is 231 Å². The van der Waals surface area contributed by atoms with Crippen LogP contribution in [0.15, 0.2) is 12.2 Å². The van der Waals surface area contributed by atoms with Gasteiger partial charge in [-0.05, 0) is 32.1 Å². The quantitative estimate of drug-likeness (QED) is 0.0342. The molecule has 5 N–H and O–H groups in total. The van der Waals surface area contributed by atoms with Crippen molar-refractivity contribution in [3.05, 3.63) is 12.2 Å². The number of nitrogens with one attached hydrogen (secondary N) is 1. The topological polar surface area (TPSA) is 110 Å². The van der Waals surface area contributed by atoms with Crippen LogP contribution in [-0.2, 0) is 4.79 Å². The zero-order valence-corrected chi connectivity index (χ0v) is 30.6. The maximum atomic E-state index is 12.5. The van der Waals surface area contributed by atoms with Gasteiger partial charge in [-0.3, -0.25) is 4.79 Å². The molecule has 0 radical (unpaired) electrons. The van der Waals surface area contributed by atoms with Gasteiger partial charge in [-0.2, -0.15) is 0 Å². The Morgan fingerprint density at radius 3 is 1.33 bits per heavy atom. The SMILES string of the molecule is CCCCC=CCCCCCCCCCCCC(O)C(O)C(CO)NC(=O)C(O)CCCCCCCCCCCCCCCCC. The molecule has 4 atom stereocenters. The number of unbranched alkanes of at least 4 members (excludes halogenated alkanes) is 25. The molecule has 0 aliphatic heterocycles. The summed E-state index contributed by atoms with van der Waals surface area (Å²) < 4.78 is 0. The summed E-state index contributed by atoms with van der Waals surface area (Å²) in [6.45, 7) is 4.01. The van der Waals surface area contributed by atoms with Gasteiger partial charge in [-0.25, -0.2) is 0 Å². The summed E-state index contributed by atoms with van der Waals surface area (Å²) in [7, 11) is 0. The number of carbonyl (C=O) groups excluding carboxylic acids is 1. The first-order valence-corrected chi connectivity index (χ1v) is 20.1. The number of hydrogen-bond donors (Lipinski definition) is 5. The Morgan fingerprint density at radius 2 is 0.891 bits per heavy atom. The fourth-order valence-electron chi connectivity index (χ4n) is 6.21. The van der Waals surface area contributed by atoms with Crippen molar-refractivity contribution in [1.29, 1.82) is 0 Å². The Kier molecular flexibility index (Phi) is 34.6. The van der Waals surface area contributed by atoms with Crippen LogP contribution in [0.4, 0.5) is 0 Å². The maximum Gasteiger partial charge on any atom is 0.249 e. The molecule has 0 saturated carbocycles. The van der Waals surface area contributed by atoms with Crippen molar-refractivity contribution >= 4 is 5.91 Å². The number of rotatable bonds is 36. The number of carbonyl (C=O) groups is 1. The minimum atomic E-state index is -1.26. The lowest BCUT2D eigenvalue weighted by Gasteiger charge is -2.27. The van der Waals surface area contributed by atoms with Crippen LogP contribution in [0.3, 0.4) is 0 Å². The molecule has 6 nitrogen and oxygen atoms in total. The molecule has 1 amide bonds.